The van der Waals surface area contributed by atoms with Crippen molar-refractivity contribution in [2.45, 2.75) is 13.2 Å². The molecule has 5 rings (SSSR count). The van der Waals surface area contributed by atoms with Gasteiger partial charge in [-0.2, -0.15) is 0 Å². The van der Waals surface area contributed by atoms with E-state index in [9.17, 15) is 4.79 Å². The minimum Gasteiger partial charge on any atom is -0.372 e. The predicted molar refractivity (Wildman–Crippen MR) is 93.8 cm³/mol. The maximum absolute atomic E-state index is 13.0. The molecule has 0 unspecified atom stereocenters. The van der Waals surface area contributed by atoms with E-state index >= 15 is 0 Å². The van der Waals surface area contributed by atoms with Gasteiger partial charge in [-0.1, -0.05) is 12.1 Å². The van der Waals surface area contributed by atoms with Crippen molar-refractivity contribution in [1.29, 1.82) is 0 Å². The Morgan fingerprint density at radius 1 is 1.08 bits per heavy atom. The Morgan fingerprint density at radius 2 is 1.96 bits per heavy atom. The van der Waals surface area contributed by atoms with Crippen LogP contribution < -0.4 is 4.90 Å². The van der Waals surface area contributed by atoms with Gasteiger partial charge in [0.15, 0.2) is 0 Å². The highest BCUT2D eigenvalue weighted by atomic mass is 16.5. The van der Waals surface area contributed by atoms with Crippen molar-refractivity contribution >= 4 is 17.5 Å². The molecule has 0 bridgehead atoms. The van der Waals surface area contributed by atoms with Crippen molar-refractivity contribution < 1.29 is 9.53 Å². The average Bonchev–Trinajstić information content (AvgIpc) is 3.36. The van der Waals surface area contributed by atoms with Crippen molar-refractivity contribution in [3.05, 3.63) is 53.5 Å². The van der Waals surface area contributed by atoms with E-state index < -0.39 is 0 Å². The first-order valence-electron chi connectivity index (χ1n) is 8.69. The van der Waals surface area contributed by atoms with Gasteiger partial charge in [0.25, 0.3) is 11.7 Å². The molecule has 1 fully saturated rings. The summed E-state index contributed by atoms with van der Waals surface area (Å²) in [6.45, 7) is 3.99. The predicted octanol–water partition coefficient (Wildman–Crippen LogP) is 1.12. The highest BCUT2D eigenvalue weighted by molar-refractivity contribution is 5.96. The van der Waals surface area contributed by atoms with Gasteiger partial charge in [0.2, 0.25) is 0 Å². The first kappa shape index (κ1) is 15.3. The molecule has 4 heterocycles. The quantitative estimate of drug-likeness (QED) is 0.689. The first-order valence-corrected chi connectivity index (χ1v) is 8.69. The fourth-order valence-electron chi connectivity index (χ4n) is 3.70. The van der Waals surface area contributed by atoms with Crippen LogP contribution in [-0.4, -0.2) is 56.6 Å². The molecule has 26 heavy (non-hydrogen) atoms. The van der Waals surface area contributed by atoms with Gasteiger partial charge in [-0.05, 0) is 23.3 Å². The molecule has 1 saturated heterocycles. The number of anilines is 1. The summed E-state index contributed by atoms with van der Waals surface area (Å²) in [5.74, 6) is 1.68. The van der Waals surface area contributed by atoms with Gasteiger partial charge in [0.1, 0.15) is 12.1 Å². The number of amides is 1. The van der Waals surface area contributed by atoms with Crippen molar-refractivity contribution in [2.75, 3.05) is 31.1 Å². The number of carbonyl (C=O) groups is 1. The minimum absolute atomic E-state index is 0.0937. The molecule has 1 amide bonds. The molecule has 2 aliphatic heterocycles. The SMILES string of the molecule is O=C(c1cccc2c1COC2)N1CCN(c2ccnc3nncn23)CC1. The number of carbonyl (C=O) groups excluding carboxylic acids is 1. The fourth-order valence-corrected chi connectivity index (χ4v) is 3.70. The summed E-state index contributed by atoms with van der Waals surface area (Å²) in [6.07, 6.45) is 3.41. The molecule has 2 aliphatic rings. The van der Waals surface area contributed by atoms with Crippen molar-refractivity contribution in [1.82, 2.24) is 24.5 Å². The topological polar surface area (TPSA) is 75.9 Å². The molecule has 1 aromatic carbocycles. The summed E-state index contributed by atoms with van der Waals surface area (Å²) >= 11 is 0. The Balaban J connectivity index is 1.34. The molecule has 0 spiro atoms. The molecule has 0 N–H and O–H groups in total. The molecule has 3 aromatic rings. The molecule has 0 aliphatic carbocycles. The maximum Gasteiger partial charge on any atom is 0.256 e. The van der Waals surface area contributed by atoms with E-state index in [0.29, 0.717) is 32.1 Å². The van der Waals surface area contributed by atoms with Crippen LogP contribution in [0.5, 0.6) is 0 Å². The lowest BCUT2D eigenvalue weighted by molar-refractivity contribution is 0.0742. The van der Waals surface area contributed by atoms with Crippen LogP contribution in [-0.2, 0) is 18.0 Å². The Morgan fingerprint density at radius 3 is 2.85 bits per heavy atom. The van der Waals surface area contributed by atoms with Crippen LogP contribution in [0.15, 0.2) is 36.8 Å². The number of rotatable bonds is 2. The normalized spacial score (nSPS) is 16.9. The second kappa shape index (κ2) is 6.06. The largest absolute Gasteiger partial charge is 0.372 e. The third-order valence-corrected chi connectivity index (χ3v) is 5.09. The van der Waals surface area contributed by atoms with Gasteiger partial charge in [-0.25, -0.2) is 4.98 Å². The molecular weight excluding hydrogens is 332 g/mol. The molecule has 8 nitrogen and oxygen atoms in total. The Labute approximate surface area is 150 Å². The van der Waals surface area contributed by atoms with Crippen molar-refractivity contribution in [2.24, 2.45) is 0 Å². The number of aromatic nitrogens is 4. The summed E-state index contributed by atoms with van der Waals surface area (Å²) in [7, 11) is 0. The van der Waals surface area contributed by atoms with Gasteiger partial charge < -0.3 is 14.5 Å². The lowest BCUT2D eigenvalue weighted by Crippen LogP contribution is -2.49. The third-order valence-electron chi connectivity index (χ3n) is 5.09. The number of hydrogen-bond donors (Lipinski definition) is 0. The zero-order valence-electron chi connectivity index (χ0n) is 14.2. The number of ether oxygens (including phenoxy) is 1. The number of fused-ring (bicyclic) bond motifs is 2. The molecule has 2 aromatic heterocycles. The Hall–Kier alpha value is -3.00. The van der Waals surface area contributed by atoms with Crippen LogP contribution in [0.4, 0.5) is 5.82 Å². The van der Waals surface area contributed by atoms with E-state index in [0.717, 1.165) is 35.6 Å². The van der Waals surface area contributed by atoms with E-state index in [1.54, 1.807) is 12.5 Å². The van der Waals surface area contributed by atoms with E-state index in [1.165, 1.54) is 0 Å². The number of piperazine rings is 1. The van der Waals surface area contributed by atoms with Crippen LogP contribution in [0, 0.1) is 0 Å². The smallest absolute Gasteiger partial charge is 0.256 e. The minimum atomic E-state index is 0.0937. The number of hydrogen-bond acceptors (Lipinski definition) is 6. The molecule has 132 valence electrons. The third kappa shape index (κ3) is 2.41. The van der Waals surface area contributed by atoms with Crippen LogP contribution in [0.2, 0.25) is 0 Å². The highest BCUT2D eigenvalue weighted by Gasteiger charge is 2.27. The molecule has 0 radical (unpaired) electrons. The summed E-state index contributed by atoms with van der Waals surface area (Å²) < 4.78 is 7.38. The molecular formula is C18H18N6O2. The summed E-state index contributed by atoms with van der Waals surface area (Å²) in [5.41, 5.74) is 2.94. The Kier molecular flexibility index (Phi) is 3.56. The van der Waals surface area contributed by atoms with Gasteiger partial charge in [0.05, 0.1) is 13.2 Å². The summed E-state index contributed by atoms with van der Waals surface area (Å²) in [6, 6.07) is 7.84. The second-order valence-corrected chi connectivity index (χ2v) is 6.52. The van der Waals surface area contributed by atoms with Crippen LogP contribution in [0.25, 0.3) is 5.78 Å². The van der Waals surface area contributed by atoms with Gasteiger partial charge in [-0.15, -0.1) is 10.2 Å². The molecule has 0 atom stereocenters. The van der Waals surface area contributed by atoms with Crippen LogP contribution >= 0.6 is 0 Å². The average molecular weight is 350 g/mol. The second-order valence-electron chi connectivity index (χ2n) is 6.52. The van der Waals surface area contributed by atoms with Gasteiger partial charge in [-0.3, -0.25) is 9.20 Å². The van der Waals surface area contributed by atoms with E-state index in [1.807, 2.05) is 33.6 Å². The van der Waals surface area contributed by atoms with Crippen LogP contribution in [0.3, 0.4) is 0 Å². The van der Waals surface area contributed by atoms with E-state index in [-0.39, 0.29) is 5.91 Å². The van der Waals surface area contributed by atoms with E-state index in [2.05, 4.69) is 20.1 Å². The van der Waals surface area contributed by atoms with Crippen LogP contribution in [0.1, 0.15) is 21.5 Å². The summed E-state index contributed by atoms with van der Waals surface area (Å²) in [5, 5.41) is 7.91. The first-order chi connectivity index (χ1) is 12.8. The highest BCUT2D eigenvalue weighted by Crippen LogP contribution is 2.25. The number of nitrogens with zero attached hydrogens (tertiary/aromatic N) is 6. The van der Waals surface area contributed by atoms with E-state index in [4.69, 9.17) is 4.74 Å². The maximum atomic E-state index is 13.0. The zero-order chi connectivity index (χ0) is 17.5. The Bertz CT molecular complexity index is 977. The number of benzene rings is 1. The van der Waals surface area contributed by atoms with Gasteiger partial charge in [0, 0.05) is 37.9 Å². The van der Waals surface area contributed by atoms with Crippen molar-refractivity contribution in [3.8, 4) is 0 Å². The van der Waals surface area contributed by atoms with Crippen molar-refractivity contribution in [3.63, 3.8) is 0 Å². The lowest BCUT2D eigenvalue weighted by atomic mass is 10.0. The molecule has 8 heteroatoms. The monoisotopic (exact) mass is 350 g/mol. The lowest BCUT2D eigenvalue weighted by Gasteiger charge is -2.36. The fraction of sp³-hybridized carbons (Fsp3) is 0.333. The standard InChI is InChI=1S/C18H18N6O2/c25-17(14-3-1-2-13-10-26-11-15(13)14)23-8-6-22(7-9-23)16-4-5-19-18-21-20-12-24(16)18/h1-5,12H,6-11H2. The summed E-state index contributed by atoms with van der Waals surface area (Å²) in [4.78, 5) is 21.4. The van der Waals surface area contributed by atoms with Gasteiger partial charge >= 0.3 is 0 Å². The zero-order valence-corrected chi connectivity index (χ0v) is 14.2. The molecule has 0 saturated carbocycles.